The smallest absolute Gasteiger partial charge is 0.163 e. The second kappa shape index (κ2) is 5.48. The number of nitrogens with zero attached hydrogens (tertiary/aromatic N) is 2. The lowest BCUT2D eigenvalue weighted by atomic mass is 10.1. The molecular formula is C14H14N2O3. The molecule has 98 valence electrons. The second-order valence-electron chi connectivity index (χ2n) is 3.92. The van der Waals surface area contributed by atoms with Crippen molar-refractivity contribution >= 4 is 6.29 Å². The summed E-state index contributed by atoms with van der Waals surface area (Å²) in [6.07, 6.45) is 2.25. The molecule has 0 radical (unpaired) electrons. The van der Waals surface area contributed by atoms with E-state index in [0.717, 1.165) is 11.8 Å². The highest BCUT2D eigenvalue weighted by atomic mass is 16.5. The molecule has 0 aliphatic carbocycles. The van der Waals surface area contributed by atoms with Crippen molar-refractivity contribution in [1.29, 1.82) is 0 Å². The van der Waals surface area contributed by atoms with Crippen molar-refractivity contribution in [3.63, 3.8) is 0 Å². The summed E-state index contributed by atoms with van der Waals surface area (Å²) in [5.41, 5.74) is 1.87. The first-order chi connectivity index (χ1) is 9.19. The van der Waals surface area contributed by atoms with Crippen LogP contribution >= 0.6 is 0 Å². The van der Waals surface area contributed by atoms with Crippen molar-refractivity contribution in [2.75, 3.05) is 14.2 Å². The Morgan fingerprint density at radius 1 is 1.21 bits per heavy atom. The Morgan fingerprint density at radius 2 is 2.00 bits per heavy atom. The number of ether oxygens (including phenoxy) is 2. The van der Waals surface area contributed by atoms with Crippen molar-refractivity contribution in [3.05, 3.63) is 35.7 Å². The molecule has 1 heterocycles. The third kappa shape index (κ3) is 2.54. The van der Waals surface area contributed by atoms with Crippen molar-refractivity contribution in [3.8, 4) is 22.9 Å². The summed E-state index contributed by atoms with van der Waals surface area (Å²) >= 11 is 0. The number of aromatic nitrogens is 2. The van der Waals surface area contributed by atoms with Crippen LogP contribution in [0.25, 0.3) is 11.4 Å². The molecule has 0 saturated heterocycles. The van der Waals surface area contributed by atoms with Crippen LogP contribution in [0.3, 0.4) is 0 Å². The van der Waals surface area contributed by atoms with Crippen LogP contribution in [0, 0.1) is 6.92 Å². The van der Waals surface area contributed by atoms with Crippen molar-refractivity contribution in [2.45, 2.75) is 6.92 Å². The lowest BCUT2D eigenvalue weighted by molar-refractivity contribution is 0.112. The molecule has 5 heteroatoms. The Hall–Kier alpha value is -2.43. The van der Waals surface area contributed by atoms with Gasteiger partial charge in [0.15, 0.2) is 12.1 Å². The molecule has 0 spiro atoms. The molecule has 0 atom stereocenters. The molecule has 0 amide bonds. The predicted octanol–water partition coefficient (Wildman–Crippen LogP) is 2.28. The van der Waals surface area contributed by atoms with E-state index in [0.29, 0.717) is 28.6 Å². The highest BCUT2D eigenvalue weighted by Gasteiger charge is 2.11. The molecule has 2 aromatic rings. The van der Waals surface area contributed by atoms with Crippen LogP contribution < -0.4 is 9.47 Å². The number of carbonyl (C=O) groups is 1. The average molecular weight is 258 g/mol. The van der Waals surface area contributed by atoms with Gasteiger partial charge in [0.2, 0.25) is 0 Å². The zero-order valence-electron chi connectivity index (χ0n) is 11.0. The highest BCUT2D eigenvalue weighted by molar-refractivity contribution is 5.76. The van der Waals surface area contributed by atoms with E-state index in [1.807, 2.05) is 12.1 Å². The summed E-state index contributed by atoms with van der Waals surface area (Å²) in [6, 6.07) is 5.40. The molecule has 0 N–H and O–H groups in total. The van der Waals surface area contributed by atoms with E-state index in [-0.39, 0.29) is 0 Å². The molecule has 0 saturated carbocycles. The van der Waals surface area contributed by atoms with Crippen molar-refractivity contribution < 1.29 is 14.3 Å². The molecule has 0 aliphatic heterocycles. The minimum absolute atomic E-state index is 0.483. The summed E-state index contributed by atoms with van der Waals surface area (Å²) in [7, 11) is 3.17. The third-order valence-corrected chi connectivity index (χ3v) is 2.79. The molecule has 0 unspecified atom stereocenters. The Balaban J connectivity index is 2.52. The van der Waals surface area contributed by atoms with Gasteiger partial charge in [-0.3, -0.25) is 4.79 Å². The van der Waals surface area contributed by atoms with E-state index in [1.54, 1.807) is 27.2 Å². The van der Waals surface area contributed by atoms with Crippen LogP contribution in [-0.4, -0.2) is 30.5 Å². The number of hydrogen-bond acceptors (Lipinski definition) is 5. The molecular weight excluding hydrogens is 244 g/mol. The van der Waals surface area contributed by atoms with Crippen LogP contribution in [0.2, 0.25) is 0 Å². The van der Waals surface area contributed by atoms with Gasteiger partial charge < -0.3 is 9.47 Å². The van der Waals surface area contributed by atoms with Gasteiger partial charge in [-0.15, -0.1) is 0 Å². The quantitative estimate of drug-likeness (QED) is 0.787. The Kier molecular flexibility index (Phi) is 3.75. The fraction of sp³-hybridized carbons (Fsp3) is 0.214. The first-order valence-corrected chi connectivity index (χ1v) is 5.70. The van der Waals surface area contributed by atoms with E-state index in [9.17, 15) is 4.79 Å². The van der Waals surface area contributed by atoms with Gasteiger partial charge in [-0.1, -0.05) is 0 Å². The van der Waals surface area contributed by atoms with Gasteiger partial charge >= 0.3 is 0 Å². The number of rotatable bonds is 4. The van der Waals surface area contributed by atoms with Crippen molar-refractivity contribution in [2.24, 2.45) is 0 Å². The maximum absolute atomic E-state index is 10.8. The lowest BCUT2D eigenvalue weighted by Gasteiger charge is -2.10. The molecule has 0 bridgehead atoms. The normalized spacial score (nSPS) is 10.1. The van der Waals surface area contributed by atoms with E-state index in [1.165, 1.54) is 6.20 Å². The first kappa shape index (κ1) is 13.0. The molecule has 1 aromatic carbocycles. The summed E-state index contributed by atoms with van der Waals surface area (Å²) in [6.45, 7) is 1.77. The topological polar surface area (TPSA) is 61.3 Å². The van der Waals surface area contributed by atoms with Crippen LogP contribution in [0.4, 0.5) is 0 Å². The number of aldehydes is 1. The Bertz CT molecular complexity index is 612. The molecule has 0 fully saturated rings. The van der Waals surface area contributed by atoms with E-state index in [4.69, 9.17) is 9.47 Å². The third-order valence-electron chi connectivity index (χ3n) is 2.79. The van der Waals surface area contributed by atoms with Crippen LogP contribution in [0.15, 0.2) is 24.4 Å². The first-order valence-electron chi connectivity index (χ1n) is 5.70. The van der Waals surface area contributed by atoms with Crippen LogP contribution in [0.5, 0.6) is 11.5 Å². The van der Waals surface area contributed by atoms with Crippen LogP contribution in [-0.2, 0) is 0 Å². The molecule has 5 nitrogen and oxygen atoms in total. The largest absolute Gasteiger partial charge is 0.497 e. The minimum Gasteiger partial charge on any atom is -0.497 e. The number of methoxy groups -OCH3 is 2. The monoisotopic (exact) mass is 258 g/mol. The van der Waals surface area contributed by atoms with Crippen molar-refractivity contribution in [1.82, 2.24) is 9.97 Å². The maximum Gasteiger partial charge on any atom is 0.163 e. The second-order valence-corrected chi connectivity index (χ2v) is 3.92. The fourth-order valence-electron chi connectivity index (χ4n) is 1.71. The maximum atomic E-state index is 10.8. The zero-order valence-corrected chi connectivity index (χ0v) is 11.0. The zero-order chi connectivity index (χ0) is 13.8. The molecule has 0 aliphatic rings. The van der Waals surface area contributed by atoms with Gasteiger partial charge in [-0.25, -0.2) is 9.97 Å². The molecule has 19 heavy (non-hydrogen) atoms. The summed E-state index contributed by atoms with van der Waals surface area (Å²) in [5.74, 6) is 1.84. The lowest BCUT2D eigenvalue weighted by Crippen LogP contribution is -1.98. The number of benzene rings is 1. The number of carbonyl (C=O) groups excluding carboxylic acids is 1. The van der Waals surface area contributed by atoms with E-state index >= 15 is 0 Å². The number of aryl methyl sites for hydroxylation is 1. The summed E-state index contributed by atoms with van der Waals surface area (Å²) in [4.78, 5) is 19.3. The van der Waals surface area contributed by atoms with Crippen LogP contribution in [0.1, 0.15) is 16.1 Å². The Morgan fingerprint density at radius 3 is 2.58 bits per heavy atom. The molecule has 2 rings (SSSR count). The minimum atomic E-state index is 0.483. The highest BCUT2D eigenvalue weighted by Crippen LogP contribution is 2.31. The van der Waals surface area contributed by atoms with Gasteiger partial charge in [0, 0.05) is 12.3 Å². The van der Waals surface area contributed by atoms with Gasteiger partial charge in [-0.2, -0.15) is 0 Å². The predicted molar refractivity (Wildman–Crippen MR) is 70.7 cm³/mol. The summed E-state index contributed by atoms with van der Waals surface area (Å²) < 4.78 is 10.4. The Labute approximate surface area is 111 Å². The van der Waals surface area contributed by atoms with E-state index in [2.05, 4.69) is 9.97 Å². The average Bonchev–Trinajstić information content (AvgIpc) is 2.46. The van der Waals surface area contributed by atoms with E-state index < -0.39 is 0 Å². The fourth-order valence-corrected chi connectivity index (χ4v) is 1.71. The molecule has 1 aromatic heterocycles. The number of hydrogen-bond donors (Lipinski definition) is 0. The standard InChI is InChI=1S/C14H14N2O3/c1-9-10(8-17)7-15-14(16-9)12-5-4-11(18-2)6-13(12)19-3/h4-8H,1-3H3. The SMILES string of the molecule is COc1ccc(-c2ncc(C=O)c(C)n2)c(OC)c1. The van der Waals surface area contributed by atoms with Gasteiger partial charge in [0.1, 0.15) is 11.5 Å². The van der Waals surface area contributed by atoms with Gasteiger partial charge in [-0.05, 0) is 19.1 Å². The van der Waals surface area contributed by atoms with Gasteiger partial charge in [0.25, 0.3) is 0 Å². The van der Waals surface area contributed by atoms with Gasteiger partial charge in [0.05, 0.1) is 31.0 Å². The summed E-state index contributed by atoms with van der Waals surface area (Å²) in [5, 5.41) is 0.